The summed E-state index contributed by atoms with van der Waals surface area (Å²) >= 11 is 0. The second-order valence-corrected chi connectivity index (χ2v) is 15.5. The topological polar surface area (TPSA) is 150 Å². The van der Waals surface area contributed by atoms with Crippen LogP contribution < -0.4 is 9.47 Å². The van der Waals surface area contributed by atoms with Gasteiger partial charge in [0.2, 0.25) is 0 Å². The highest BCUT2D eigenvalue weighted by atomic mass is 16.6. The second kappa shape index (κ2) is 25.7. The zero-order valence-electron chi connectivity index (χ0n) is 39.4. The average molecular weight is 943 g/mol. The monoisotopic (exact) mass is 942 g/mol. The molecule has 1 aliphatic heterocycles. The first kappa shape index (κ1) is 48.9. The largest absolute Gasteiger partial charge is 0.490 e. The van der Waals surface area contributed by atoms with Crippen LogP contribution in [0, 0.1) is 23.7 Å². The number of carbonyl (C=O) groups is 1. The number of hydrogen-bond acceptors (Lipinski definition) is 13. The fourth-order valence-electron chi connectivity index (χ4n) is 7.13. The van der Waals surface area contributed by atoms with Gasteiger partial charge in [-0.25, -0.2) is 9.97 Å². The zero-order chi connectivity index (χ0) is 48.9. The van der Waals surface area contributed by atoms with Crippen molar-refractivity contribution in [1.29, 1.82) is 0 Å². The van der Waals surface area contributed by atoms with E-state index in [0.29, 0.717) is 93.7 Å². The van der Waals surface area contributed by atoms with E-state index in [0.717, 1.165) is 56.2 Å². The van der Waals surface area contributed by atoms with Crippen LogP contribution in [0.3, 0.4) is 0 Å². The summed E-state index contributed by atoms with van der Waals surface area (Å²) in [4.78, 5) is 37.7. The van der Waals surface area contributed by atoms with E-state index in [-0.39, 0.29) is 5.97 Å². The van der Waals surface area contributed by atoms with Gasteiger partial charge in [-0.05, 0) is 116 Å². The number of nitrogens with zero attached hydrogens (tertiary/aromatic N) is 6. The number of esters is 1. The molecule has 0 N–H and O–H groups in total. The summed E-state index contributed by atoms with van der Waals surface area (Å²) in [6.45, 7) is 6.82. The Bertz CT molecular complexity index is 2820. The van der Waals surface area contributed by atoms with E-state index in [1.807, 2.05) is 133 Å². The minimum absolute atomic E-state index is 0.211. The molecule has 0 bridgehead atoms. The lowest BCUT2D eigenvalue weighted by Crippen LogP contribution is -2.14. The molecular formula is C58H50N6O7. The Morgan fingerprint density at radius 2 is 0.775 bits per heavy atom. The molecule has 0 saturated carbocycles. The van der Waals surface area contributed by atoms with Crippen molar-refractivity contribution in [3.05, 3.63) is 181 Å². The van der Waals surface area contributed by atoms with Crippen LogP contribution in [0.4, 0.5) is 0 Å². The Hall–Kier alpha value is -8.59. The molecule has 8 aromatic rings. The fraction of sp³-hybridized carbons (Fsp3) is 0.190. The third-order valence-corrected chi connectivity index (χ3v) is 10.4. The molecule has 1 aliphatic rings. The first-order valence-electron chi connectivity index (χ1n) is 23.1. The van der Waals surface area contributed by atoms with Gasteiger partial charge in [-0.1, -0.05) is 47.9 Å². The van der Waals surface area contributed by atoms with Gasteiger partial charge in [-0.15, -0.1) is 0 Å². The van der Waals surface area contributed by atoms with Crippen LogP contribution in [0.5, 0.6) is 11.5 Å². The van der Waals surface area contributed by atoms with Gasteiger partial charge in [0.1, 0.15) is 24.7 Å². The first-order chi connectivity index (χ1) is 35.0. The van der Waals surface area contributed by atoms with E-state index in [2.05, 4.69) is 48.4 Å². The van der Waals surface area contributed by atoms with Crippen molar-refractivity contribution in [2.24, 2.45) is 0 Å². The molecule has 0 atom stereocenters. The van der Waals surface area contributed by atoms with E-state index >= 15 is 0 Å². The van der Waals surface area contributed by atoms with Crippen molar-refractivity contribution in [2.75, 3.05) is 59.5 Å². The van der Waals surface area contributed by atoms with Crippen molar-refractivity contribution in [3.8, 4) is 91.9 Å². The number of hydrogen-bond donors (Lipinski definition) is 0. The van der Waals surface area contributed by atoms with E-state index in [9.17, 15) is 4.79 Å². The van der Waals surface area contributed by atoms with Gasteiger partial charge in [-0.3, -0.25) is 24.7 Å². The fourth-order valence-corrected chi connectivity index (χ4v) is 7.13. The van der Waals surface area contributed by atoms with Gasteiger partial charge in [0.05, 0.1) is 91.8 Å². The maximum absolute atomic E-state index is 9.82. The standard InChI is InChI=1S/C54H42N6O5.C4H8O2/c1-5-21-55-45(9-1)49-33-41(34-50(59-49)46-10-2-6-22-56-46)15-13-39-17-19-43-44-20-18-40(38-54(44)65-32-30-63-28-26-61-25-27-62-29-31-64-53(43)37-39)14-16-42-35-51(47-11-3-7-23-57-47)60-52(36-42)48-12-4-8-24-58-48;1-3-6-4(2)5/h1-12,17-24,33-38H,25-32H2;3H2,1-2H3. The van der Waals surface area contributed by atoms with Gasteiger partial charge in [-0.2, -0.15) is 0 Å². The predicted octanol–water partition coefficient (Wildman–Crippen LogP) is 9.58. The molecule has 13 nitrogen and oxygen atoms in total. The van der Waals surface area contributed by atoms with E-state index in [4.69, 9.17) is 33.7 Å². The summed E-state index contributed by atoms with van der Waals surface area (Å²) in [6.07, 6.45) is 7.00. The summed E-state index contributed by atoms with van der Waals surface area (Å²) in [6, 6.07) is 42.6. The smallest absolute Gasteiger partial charge is 0.302 e. The molecular weight excluding hydrogens is 893 g/mol. The number of pyridine rings is 6. The molecule has 7 heterocycles. The lowest BCUT2D eigenvalue weighted by Gasteiger charge is -2.16. The maximum atomic E-state index is 9.82. The molecule has 9 rings (SSSR count). The third kappa shape index (κ3) is 14.5. The molecule has 354 valence electrons. The van der Waals surface area contributed by atoms with Crippen molar-refractivity contribution in [3.63, 3.8) is 0 Å². The van der Waals surface area contributed by atoms with E-state index in [1.54, 1.807) is 31.7 Å². The Morgan fingerprint density at radius 3 is 1.07 bits per heavy atom. The first-order valence-corrected chi connectivity index (χ1v) is 23.1. The van der Waals surface area contributed by atoms with Gasteiger partial charge < -0.3 is 28.4 Å². The molecule has 2 aromatic carbocycles. The van der Waals surface area contributed by atoms with Crippen LogP contribution in [0.2, 0.25) is 0 Å². The quantitative estimate of drug-likeness (QED) is 0.119. The van der Waals surface area contributed by atoms with Crippen LogP contribution >= 0.6 is 0 Å². The molecule has 0 aliphatic carbocycles. The lowest BCUT2D eigenvalue weighted by atomic mass is 9.99. The summed E-state index contributed by atoms with van der Waals surface area (Å²) in [7, 11) is 0. The summed E-state index contributed by atoms with van der Waals surface area (Å²) in [5, 5.41) is 0. The minimum Gasteiger partial charge on any atom is -0.490 e. The minimum atomic E-state index is -0.211. The Balaban J connectivity index is 0.00000106. The molecule has 0 amide bonds. The number of benzene rings is 2. The molecule has 6 aromatic heterocycles. The number of aromatic nitrogens is 6. The normalized spacial score (nSPS) is 12.7. The van der Waals surface area contributed by atoms with Crippen molar-refractivity contribution in [2.45, 2.75) is 13.8 Å². The van der Waals surface area contributed by atoms with Gasteiger partial charge in [0.15, 0.2) is 0 Å². The molecule has 71 heavy (non-hydrogen) atoms. The van der Waals surface area contributed by atoms with E-state index < -0.39 is 0 Å². The van der Waals surface area contributed by atoms with Crippen LogP contribution in [-0.2, 0) is 23.7 Å². The highest BCUT2D eigenvalue weighted by Gasteiger charge is 2.16. The Labute approximate surface area is 413 Å². The van der Waals surface area contributed by atoms with Crippen LogP contribution in [0.1, 0.15) is 36.1 Å². The maximum Gasteiger partial charge on any atom is 0.302 e. The summed E-state index contributed by atoms with van der Waals surface area (Å²) in [5.41, 5.74) is 10.5. The Morgan fingerprint density at radius 1 is 0.437 bits per heavy atom. The number of fused-ring (bicyclic) bond motifs is 3. The number of carbonyl (C=O) groups excluding carboxylic acids is 1. The second-order valence-electron chi connectivity index (χ2n) is 15.5. The SMILES string of the molecule is C(#Cc1ccc2c(c1)OCCOCCOCCOCCOc1cc(C#Cc3cc(-c4ccccn4)nc(-c4ccccn4)c3)ccc1-2)c1cc(-c2ccccn2)nc(-c2ccccn2)c1.CCOC(C)=O. The molecule has 13 heteroatoms. The van der Waals surface area contributed by atoms with Gasteiger partial charge >= 0.3 is 5.97 Å². The zero-order valence-corrected chi connectivity index (χ0v) is 39.4. The summed E-state index contributed by atoms with van der Waals surface area (Å²) < 4.78 is 34.7. The Kier molecular flexibility index (Phi) is 17.7. The molecule has 0 unspecified atom stereocenters. The van der Waals surface area contributed by atoms with Crippen molar-refractivity contribution >= 4 is 5.97 Å². The highest BCUT2D eigenvalue weighted by molar-refractivity contribution is 5.78. The molecule has 0 saturated heterocycles. The van der Waals surface area contributed by atoms with Gasteiger partial charge in [0.25, 0.3) is 0 Å². The van der Waals surface area contributed by atoms with Gasteiger partial charge in [0, 0.05) is 65.1 Å². The lowest BCUT2D eigenvalue weighted by molar-refractivity contribution is -0.140. The van der Waals surface area contributed by atoms with Crippen molar-refractivity contribution in [1.82, 2.24) is 29.9 Å². The van der Waals surface area contributed by atoms with E-state index in [1.165, 1.54) is 6.92 Å². The number of rotatable bonds is 5. The summed E-state index contributed by atoms with van der Waals surface area (Å²) in [5.74, 6) is 14.5. The van der Waals surface area contributed by atoms with Crippen LogP contribution in [-0.4, -0.2) is 95.3 Å². The predicted molar refractivity (Wildman–Crippen MR) is 271 cm³/mol. The number of ether oxygens (including phenoxy) is 6. The third-order valence-electron chi connectivity index (χ3n) is 10.4. The highest BCUT2D eigenvalue weighted by Crippen LogP contribution is 2.38. The molecule has 0 radical (unpaired) electrons. The van der Waals surface area contributed by atoms with Crippen LogP contribution in [0.15, 0.2) is 158 Å². The van der Waals surface area contributed by atoms with Crippen LogP contribution in [0.25, 0.3) is 56.7 Å². The average Bonchev–Trinajstić information content (AvgIpc) is 3.42. The molecule has 0 fully saturated rings. The molecule has 0 spiro atoms. The van der Waals surface area contributed by atoms with Crippen molar-refractivity contribution < 1.29 is 33.2 Å².